The molecule has 2 unspecified atom stereocenters. The Bertz CT molecular complexity index is 1280. The Kier molecular flexibility index (Phi) is 7.07. The van der Waals surface area contributed by atoms with Crippen molar-refractivity contribution in [2.45, 2.75) is 36.9 Å². The lowest BCUT2D eigenvalue weighted by Crippen LogP contribution is -2.52. The summed E-state index contributed by atoms with van der Waals surface area (Å²) in [6.45, 7) is 0. The largest absolute Gasteiger partial charge is 0.356 e. The van der Waals surface area contributed by atoms with Crippen LogP contribution in [0.4, 0.5) is 8.78 Å². The van der Waals surface area contributed by atoms with Crippen molar-refractivity contribution in [2.24, 2.45) is 5.92 Å². The van der Waals surface area contributed by atoms with E-state index >= 15 is 0 Å². The zero-order chi connectivity index (χ0) is 25.3. The number of carbonyl (C=O) groups excluding carboxylic acids is 1. The first-order valence-corrected chi connectivity index (χ1v) is 12.7. The first-order valence-electron chi connectivity index (χ1n) is 11.2. The summed E-state index contributed by atoms with van der Waals surface area (Å²) < 4.78 is 55.2. The van der Waals surface area contributed by atoms with Gasteiger partial charge in [0, 0.05) is 43.3 Å². The molecule has 1 aliphatic heterocycles. The number of hydrogen-bond donors (Lipinski definition) is 3. The van der Waals surface area contributed by atoms with Crippen LogP contribution in [-0.2, 0) is 21.2 Å². The number of rotatable bonds is 6. The van der Waals surface area contributed by atoms with Gasteiger partial charge >= 0.3 is 0 Å². The first kappa shape index (κ1) is 25.0. The van der Waals surface area contributed by atoms with Crippen molar-refractivity contribution >= 4 is 21.5 Å². The average molecular weight is 504 g/mol. The fraction of sp³-hybridized carbons (Fsp3) is 0.320. The molecule has 0 saturated heterocycles. The molecule has 1 aliphatic carbocycles. The molecule has 7 nitrogen and oxygen atoms in total. The van der Waals surface area contributed by atoms with Crippen molar-refractivity contribution < 1.29 is 27.1 Å². The van der Waals surface area contributed by atoms with Crippen LogP contribution < -0.4 is 10.6 Å². The van der Waals surface area contributed by atoms with E-state index in [1.807, 2.05) is 30.3 Å². The van der Waals surface area contributed by atoms with Crippen LogP contribution in [0.3, 0.4) is 0 Å². The van der Waals surface area contributed by atoms with Crippen molar-refractivity contribution in [1.29, 1.82) is 0 Å². The van der Waals surface area contributed by atoms with Crippen LogP contribution in [0.1, 0.15) is 30.4 Å². The maximum atomic E-state index is 14.9. The molecule has 1 heterocycles. The van der Waals surface area contributed by atoms with E-state index < -0.39 is 32.9 Å². The van der Waals surface area contributed by atoms with Gasteiger partial charge in [-0.3, -0.25) is 4.79 Å². The van der Waals surface area contributed by atoms with Gasteiger partial charge in [0.2, 0.25) is 16.4 Å². The van der Waals surface area contributed by atoms with Gasteiger partial charge in [-0.2, -0.15) is 0 Å². The third-order valence-corrected chi connectivity index (χ3v) is 8.11. The lowest BCUT2D eigenvalue weighted by molar-refractivity contribution is -0.122. The molecule has 3 N–H and O–H groups in total. The summed E-state index contributed by atoms with van der Waals surface area (Å²) in [7, 11) is -1.39. The molecule has 0 bridgehead atoms. The summed E-state index contributed by atoms with van der Waals surface area (Å²) in [4.78, 5) is 12.2. The third kappa shape index (κ3) is 5.14. The minimum atomic E-state index is -3.98. The fourth-order valence-electron chi connectivity index (χ4n) is 4.48. The van der Waals surface area contributed by atoms with Gasteiger partial charge < -0.3 is 15.7 Å². The summed E-state index contributed by atoms with van der Waals surface area (Å²) in [5.41, 5.74) is 2.27. The molecule has 0 fully saturated rings. The van der Waals surface area contributed by atoms with Crippen LogP contribution >= 0.6 is 0 Å². The summed E-state index contributed by atoms with van der Waals surface area (Å²) in [6.07, 6.45) is 2.07. The minimum Gasteiger partial charge on any atom is -0.356 e. The smallest absolute Gasteiger partial charge is 0.252 e. The van der Waals surface area contributed by atoms with Gasteiger partial charge in [0.1, 0.15) is 11.6 Å². The first-order chi connectivity index (χ1) is 16.6. The van der Waals surface area contributed by atoms with Crippen molar-refractivity contribution in [1.82, 2.24) is 14.9 Å². The second-order valence-corrected chi connectivity index (χ2v) is 11.0. The molecule has 0 saturated carbocycles. The Morgan fingerprint density at radius 3 is 2.31 bits per heavy atom. The molecule has 0 radical (unpaired) electrons. The molecular formula is C25H27F2N3O4S. The standard InChI is InChI=1S/C25H27F2N3O4S/c1-30(2)35(33,34)18-13-20(26)22(21(27)14-18)16-8-10-17(11-9-16)23-19(24(31)29-25(32)28-23)12-15-6-4-3-5-7-15/h3-8,13-14,17,25,28,32H,9-12H2,1-2H3,(H,29,31). The number of allylic oxidation sites excluding steroid dienone is 3. The van der Waals surface area contributed by atoms with Gasteiger partial charge in [-0.05, 0) is 42.5 Å². The van der Waals surface area contributed by atoms with Gasteiger partial charge in [-0.25, -0.2) is 21.5 Å². The van der Waals surface area contributed by atoms with Gasteiger partial charge in [-0.15, -0.1) is 0 Å². The van der Waals surface area contributed by atoms with Crippen LogP contribution in [0.15, 0.2) is 64.7 Å². The monoisotopic (exact) mass is 503 g/mol. The maximum Gasteiger partial charge on any atom is 0.252 e. The Morgan fingerprint density at radius 1 is 1.09 bits per heavy atom. The molecule has 4 rings (SSSR count). The molecule has 2 aromatic rings. The van der Waals surface area contributed by atoms with Crippen molar-refractivity contribution in [3.8, 4) is 0 Å². The second kappa shape index (κ2) is 9.88. The normalized spacial score (nSPS) is 21.0. The summed E-state index contributed by atoms with van der Waals surface area (Å²) in [5, 5.41) is 15.5. The maximum absolute atomic E-state index is 14.9. The predicted octanol–water partition coefficient (Wildman–Crippen LogP) is 2.89. The van der Waals surface area contributed by atoms with Crippen molar-refractivity contribution in [3.05, 3.63) is 82.6 Å². The second-order valence-electron chi connectivity index (χ2n) is 8.82. The number of hydrogen-bond acceptors (Lipinski definition) is 5. The highest BCUT2D eigenvalue weighted by atomic mass is 32.2. The van der Waals surface area contributed by atoms with Crippen LogP contribution in [0.2, 0.25) is 0 Å². The van der Waals surface area contributed by atoms with E-state index in [1.54, 1.807) is 6.08 Å². The number of amides is 1. The Hall–Kier alpha value is -3.08. The average Bonchev–Trinajstić information content (AvgIpc) is 2.81. The van der Waals surface area contributed by atoms with E-state index in [0.29, 0.717) is 42.5 Å². The van der Waals surface area contributed by atoms with E-state index in [1.165, 1.54) is 14.1 Å². The molecule has 186 valence electrons. The summed E-state index contributed by atoms with van der Waals surface area (Å²) >= 11 is 0. The lowest BCUT2D eigenvalue weighted by Gasteiger charge is -2.33. The van der Waals surface area contributed by atoms with Gasteiger partial charge in [0.15, 0.2) is 0 Å². The van der Waals surface area contributed by atoms with Crippen LogP contribution in [0, 0.1) is 17.6 Å². The Balaban J connectivity index is 1.62. The van der Waals surface area contributed by atoms with E-state index in [9.17, 15) is 27.1 Å². The molecule has 2 aliphatic rings. The minimum absolute atomic E-state index is 0.155. The SMILES string of the molecule is CN(C)S(=O)(=O)c1cc(F)c(C2=CCC(C3=C(Cc4ccccc4)C(=O)NC(O)N3)CC2)c(F)c1. The van der Waals surface area contributed by atoms with E-state index in [2.05, 4.69) is 10.6 Å². The number of aliphatic hydroxyl groups excluding tert-OH is 1. The number of nitrogens with one attached hydrogen (secondary N) is 2. The van der Waals surface area contributed by atoms with E-state index in [4.69, 9.17) is 0 Å². The number of nitrogens with zero attached hydrogens (tertiary/aromatic N) is 1. The highest BCUT2D eigenvalue weighted by molar-refractivity contribution is 7.89. The summed E-state index contributed by atoms with van der Waals surface area (Å²) in [6, 6.07) is 11.1. The zero-order valence-electron chi connectivity index (χ0n) is 19.4. The van der Waals surface area contributed by atoms with E-state index in [0.717, 1.165) is 22.0 Å². The molecule has 2 aromatic carbocycles. The van der Waals surface area contributed by atoms with Gasteiger partial charge in [-0.1, -0.05) is 36.4 Å². The number of aliphatic hydroxyl groups is 1. The van der Waals surface area contributed by atoms with E-state index in [-0.39, 0.29) is 17.4 Å². The molecule has 0 spiro atoms. The van der Waals surface area contributed by atoms with Crippen LogP contribution in [-0.4, -0.2) is 44.2 Å². The number of carbonyl (C=O) groups is 1. The zero-order valence-corrected chi connectivity index (χ0v) is 20.2. The van der Waals surface area contributed by atoms with Crippen LogP contribution in [0.25, 0.3) is 5.57 Å². The predicted molar refractivity (Wildman–Crippen MR) is 127 cm³/mol. The third-order valence-electron chi connectivity index (χ3n) is 6.32. The highest BCUT2D eigenvalue weighted by Crippen LogP contribution is 2.37. The molecular weight excluding hydrogens is 476 g/mol. The molecule has 1 amide bonds. The van der Waals surface area contributed by atoms with Crippen LogP contribution in [0.5, 0.6) is 0 Å². The summed E-state index contributed by atoms with van der Waals surface area (Å²) in [5.74, 6) is -2.40. The fourth-order valence-corrected chi connectivity index (χ4v) is 5.41. The number of sulfonamides is 1. The molecule has 2 atom stereocenters. The quantitative estimate of drug-likeness (QED) is 0.563. The highest BCUT2D eigenvalue weighted by Gasteiger charge is 2.32. The molecule has 10 heteroatoms. The topological polar surface area (TPSA) is 98.7 Å². The van der Waals surface area contributed by atoms with Gasteiger partial charge in [0.05, 0.1) is 4.90 Å². The Morgan fingerprint density at radius 2 is 1.74 bits per heavy atom. The molecule has 35 heavy (non-hydrogen) atoms. The Labute approximate surface area is 203 Å². The van der Waals surface area contributed by atoms with Gasteiger partial charge in [0.25, 0.3) is 5.91 Å². The lowest BCUT2D eigenvalue weighted by atomic mass is 9.82. The van der Waals surface area contributed by atoms with Crippen molar-refractivity contribution in [3.63, 3.8) is 0 Å². The number of benzene rings is 2. The van der Waals surface area contributed by atoms with Crippen molar-refractivity contribution in [2.75, 3.05) is 14.1 Å². The number of halogens is 2. The molecule has 0 aromatic heterocycles.